The number of nitrogens with zero attached hydrogens (tertiary/aromatic N) is 3. The molecule has 3 aromatic rings. The fraction of sp³-hybridized carbons (Fsp3) is 0.333. The van der Waals surface area contributed by atoms with Crippen LogP contribution in [0.2, 0.25) is 0 Å². The highest BCUT2D eigenvalue weighted by atomic mass is 32.1. The van der Waals surface area contributed by atoms with Crippen LogP contribution in [0.3, 0.4) is 0 Å². The van der Waals surface area contributed by atoms with Gasteiger partial charge in [-0.25, -0.2) is 4.98 Å². The molecule has 0 spiro atoms. The first-order valence-corrected chi connectivity index (χ1v) is 7.72. The maximum atomic E-state index is 4.75. The summed E-state index contributed by atoms with van der Waals surface area (Å²) in [4.78, 5) is 4.53. The van der Waals surface area contributed by atoms with Gasteiger partial charge in [-0.2, -0.15) is 5.10 Å². The molecule has 0 unspecified atom stereocenters. The third-order valence-electron chi connectivity index (χ3n) is 3.26. The van der Waals surface area contributed by atoms with Gasteiger partial charge >= 0.3 is 0 Å². The van der Waals surface area contributed by atoms with Gasteiger partial charge in [-0.15, -0.1) is 11.3 Å². The molecule has 0 fully saturated rings. The van der Waals surface area contributed by atoms with Crippen LogP contribution in [0.4, 0.5) is 0 Å². The van der Waals surface area contributed by atoms with Crippen LogP contribution < -0.4 is 5.32 Å². The number of aromatic nitrogens is 3. The Morgan fingerprint density at radius 1 is 1.30 bits per heavy atom. The van der Waals surface area contributed by atoms with Gasteiger partial charge in [0, 0.05) is 17.3 Å². The molecule has 0 saturated carbocycles. The molecule has 3 rings (SSSR count). The van der Waals surface area contributed by atoms with Gasteiger partial charge in [0.15, 0.2) is 0 Å². The van der Waals surface area contributed by atoms with Gasteiger partial charge in [0.1, 0.15) is 0 Å². The van der Waals surface area contributed by atoms with Crippen LogP contribution in [-0.2, 0) is 13.1 Å². The van der Waals surface area contributed by atoms with Gasteiger partial charge in [0.25, 0.3) is 0 Å². The molecule has 2 aromatic heterocycles. The van der Waals surface area contributed by atoms with E-state index in [-0.39, 0.29) is 0 Å². The van der Waals surface area contributed by atoms with Crippen molar-refractivity contribution in [2.24, 2.45) is 0 Å². The lowest BCUT2D eigenvalue weighted by atomic mass is 10.2. The van der Waals surface area contributed by atoms with E-state index in [1.165, 1.54) is 10.9 Å². The minimum Gasteiger partial charge on any atom is -0.311 e. The predicted octanol–water partition coefficient (Wildman–Crippen LogP) is 2.96. The highest BCUT2D eigenvalue weighted by Gasteiger charge is 2.10. The Balaban J connectivity index is 1.97. The number of aryl methyl sites for hydroxylation is 1. The molecule has 0 aliphatic rings. The molecule has 4 nitrogen and oxygen atoms in total. The Hall–Kier alpha value is -1.72. The topological polar surface area (TPSA) is 42.7 Å². The Morgan fingerprint density at radius 2 is 2.15 bits per heavy atom. The number of hydrogen-bond donors (Lipinski definition) is 1. The fourth-order valence-electron chi connectivity index (χ4n) is 2.33. The largest absolute Gasteiger partial charge is 0.311 e. The van der Waals surface area contributed by atoms with Gasteiger partial charge in [0.05, 0.1) is 28.5 Å². The zero-order chi connectivity index (χ0) is 13.9. The minimum absolute atomic E-state index is 0.733. The molecule has 20 heavy (non-hydrogen) atoms. The first-order valence-electron chi connectivity index (χ1n) is 6.84. The molecule has 0 atom stereocenters. The first-order chi connectivity index (χ1) is 9.78. The lowest BCUT2D eigenvalue weighted by Gasteiger charge is -2.00. The van der Waals surface area contributed by atoms with E-state index in [4.69, 9.17) is 5.10 Å². The Morgan fingerprint density at radius 3 is 2.90 bits per heavy atom. The number of rotatable bonds is 5. The van der Waals surface area contributed by atoms with Gasteiger partial charge < -0.3 is 5.32 Å². The molecule has 5 heteroatoms. The Kier molecular flexibility index (Phi) is 3.80. The molecule has 0 saturated heterocycles. The van der Waals surface area contributed by atoms with E-state index in [1.807, 2.05) is 6.92 Å². The summed E-state index contributed by atoms with van der Waals surface area (Å²) in [6.45, 7) is 6.63. The summed E-state index contributed by atoms with van der Waals surface area (Å²) in [5.74, 6) is 0. The number of benzene rings is 1. The SMILES string of the molecule is CCNCc1nn(Cc2csc(C)n2)c2ccccc12. The van der Waals surface area contributed by atoms with Crippen molar-refractivity contribution < 1.29 is 0 Å². The molecular formula is C15H18N4S. The number of para-hydroxylation sites is 1. The summed E-state index contributed by atoms with van der Waals surface area (Å²) in [5, 5.41) is 12.5. The monoisotopic (exact) mass is 286 g/mol. The molecular weight excluding hydrogens is 268 g/mol. The van der Waals surface area contributed by atoms with Crippen LogP contribution in [0.25, 0.3) is 10.9 Å². The zero-order valence-electron chi connectivity index (χ0n) is 11.8. The molecule has 1 N–H and O–H groups in total. The van der Waals surface area contributed by atoms with Gasteiger partial charge in [-0.05, 0) is 19.5 Å². The average Bonchev–Trinajstić information content (AvgIpc) is 3.02. The second kappa shape index (κ2) is 5.73. The number of nitrogens with one attached hydrogen (secondary N) is 1. The maximum absolute atomic E-state index is 4.75. The molecule has 104 valence electrons. The first kappa shape index (κ1) is 13.3. The summed E-state index contributed by atoms with van der Waals surface area (Å²) < 4.78 is 2.05. The van der Waals surface area contributed by atoms with Crippen LogP contribution in [0, 0.1) is 6.92 Å². The predicted molar refractivity (Wildman–Crippen MR) is 83.1 cm³/mol. The summed E-state index contributed by atoms with van der Waals surface area (Å²) in [6, 6.07) is 8.38. The van der Waals surface area contributed by atoms with Crippen molar-refractivity contribution in [3.8, 4) is 0 Å². The van der Waals surface area contributed by atoms with Gasteiger partial charge in [-0.3, -0.25) is 4.68 Å². The average molecular weight is 286 g/mol. The van der Waals surface area contributed by atoms with Gasteiger partial charge in [-0.1, -0.05) is 25.1 Å². The van der Waals surface area contributed by atoms with Crippen molar-refractivity contribution in [1.29, 1.82) is 0 Å². The third kappa shape index (κ3) is 2.59. The molecule has 0 aliphatic carbocycles. The van der Waals surface area contributed by atoms with Gasteiger partial charge in [0.2, 0.25) is 0 Å². The number of fused-ring (bicyclic) bond motifs is 1. The maximum Gasteiger partial charge on any atom is 0.0898 e. The molecule has 0 amide bonds. The minimum atomic E-state index is 0.733. The van der Waals surface area contributed by atoms with Crippen molar-refractivity contribution in [3.05, 3.63) is 46.0 Å². The molecule has 0 aliphatic heterocycles. The van der Waals surface area contributed by atoms with E-state index in [2.05, 4.69) is 51.6 Å². The standard InChI is InChI=1S/C15H18N4S/c1-3-16-8-14-13-6-4-5-7-15(13)19(18-14)9-12-10-20-11(2)17-12/h4-7,10,16H,3,8-9H2,1-2H3. The van der Waals surface area contributed by atoms with Crippen LogP contribution in [-0.4, -0.2) is 21.3 Å². The second-order valence-electron chi connectivity index (χ2n) is 4.76. The van der Waals surface area contributed by atoms with Crippen molar-refractivity contribution in [1.82, 2.24) is 20.1 Å². The summed E-state index contributed by atoms with van der Waals surface area (Å²) >= 11 is 1.69. The summed E-state index contributed by atoms with van der Waals surface area (Å²) in [7, 11) is 0. The Labute approximate surface area is 122 Å². The number of hydrogen-bond acceptors (Lipinski definition) is 4. The van der Waals surface area contributed by atoms with Crippen LogP contribution >= 0.6 is 11.3 Å². The van der Waals surface area contributed by atoms with E-state index in [9.17, 15) is 0 Å². The highest BCUT2D eigenvalue weighted by molar-refractivity contribution is 7.09. The summed E-state index contributed by atoms with van der Waals surface area (Å²) in [5.41, 5.74) is 3.36. The highest BCUT2D eigenvalue weighted by Crippen LogP contribution is 2.20. The normalized spacial score (nSPS) is 11.3. The van der Waals surface area contributed by atoms with E-state index in [0.29, 0.717) is 0 Å². The van der Waals surface area contributed by atoms with E-state index < -0.39 is 0 Å². The quantitative estimate of drug-likeness (QED) is 0.784. The molecule has 0 bridgehead atoms. The molecule has 1 aromatic carbocycles. The van der Waals surface area contributed by atoms with Crippen molar-refractivity contribution in [2.45, 2.75) is 26.9 Å². The second-order valence-corrected chi connectivity index (χ2v) is 5.82. The smallest absolute Gasteiger partial charge is 0.0898 e. The molecule has 0 radical (unpaired) electrons. The van der Waals surface area contributed by atoms with Crippen LogP contribution in [0.15, 0.2) is 29.6 Å². The Bertz CT molecular complexity index is 714. The van der Waals surface area contributed by atoms with Crippen molar-refractivity contribution in [3.63, 3.8) is 0 Å². The molecule has 2 heterocycles. The lowest BCUT2D eigenvalue weighted by molar-refractivity contribution is 0.651. The lowest BCUT2D eigenvalue weighted by Crippen LogP contribution is -2.13. The van der Waals surface area contributed by atoms with Crippen LogP contribution in [0.1, 0.15) is 23.3 Å². The van der Waals surface area contributed by atoms with E-state index in [1.54, 1.807) is 11.3 Å². The fourth-order valence-corrected chi connectivity index (χ4v) is 2.93. The van der Waals surface area contributed by atoms with E-state index >= 15 is 0 Å². The van der Waals surface area contributed by atoms with Crippen molar-refractivity contribution >= 4 is 22.2 Å². The summed E-state index contributed by atoms with van der Waals surface area (Å²) in [6.07, 6.45) is 0. The zero-order valence-corrected chi connectivity index (χ0v) is 12.6. The third-order valence-corrected chi connectivity index (χ3v) is 4.08. The van der Waals surface area contributed by atoms with E-state index in [0.717, 1.165) is 36.0 Å². The number of thiazole rings is 1. The van der Waals surface area contributed by atoms with Crippen molar-refractivity contribution in [2.75, 3.05) is 6.54 Å². The van der Waals surface area contributed by atoms with Crippen LogP contribution in [0.5, 0.6) is 0 Å².